The maximum atomic E-state index is 10.9. The fraction of sp³-hybridized carbons (Fsp3) is 0.333. The number of rotatable bonds is 3. The van der Waals surface area contributed by atoms with E-state index >= 15 is 0 Å². The number of hydrogen-bond acceptors (Lipinski definition) is 3. The van der Waals surface area contributed by atoms with Crippen molar-refractivity contribution in [1.82, 2.24) is 0 Å². The molecule has 3 N–H and O–H groups in total. The van der Waals surface area contributed by atoms with Crippen molar-refractivity contribution in [1.29, 1.82) is 0 Å². The van der Waals surface area contributed by atoms with Crippen molar-refractivity contribution in [2.45, 2.75) is 12.2 Å². The minimum absolute atomic E-state index is 0.123. The Morgan fingerprint density at radius 1 is 1.36 bits per heavy atom. The van der Waals surface area contributed by atoms with Gasteiger partial charge in [0.05, 0.1) is 0 Å². The molecule has 1 aromatic rings. The molecule has 14 heavy (non-hydrogen) atoms. The summed E-state index contributed by atoms with van der Waals surface area (Å²) in [5.41, 5.74) is 6.83. The lowest BCUT2D eigenvalue weighted by Crippen LogP contribution is -2.21. The summed E-state index contributed by atoms with van der Waals surface area (Å²) in [5, 5.41) is -1.02. The molecular weight excluding hydrogens is 202 g/mol. The predicted octanol–water partition coefficient (Wildman–Crippen LogP) is 0.883. The van der Waals surface area contributed by atoms with Crippen molar-refractivity contribution >= 4 is 10.1 Å². The molecule has 4 nitrogen and oxygen atoms in total. The molecule has 0 heterocycles. The van der Waals surface area contributed by atoms with Crippen molar-refractivity contribution in [3.05, 3.63) is 35.4 Å². The molecule has 0 spiro atoms. The summed E-state index contributed by atoms with van der Waals surface area (Å²) >= 11 is 0. The summed E-state index contributed by atoms with van der Waals surface area (Å²) < 4.78 is 30.7. The van der Waals surface area contributed by atoms with Crippen LogP contribution in [0.5, 0.6) is 0 Å². The van der Waals surface area contributed by atoms with Crippen LogP contribution in [0.1, 0.15) is 16.4 Å². The van der Waals surface area contributed by atoms with Crippen LogP contribution in [-0.4, -0.2) is 19.5 Å². The van der Waals surface area contributed by atoms with E-state index in [9.17, 15) is 8.42 Å². The third-order valence-corrected chi connectivity index (χ3v) is 3.21. The van der Waals surface area contributed by atoms with Gasteiger partial charge >= 0.3 is 0 Å². The fourth-order valence-corrected chi connectivity index (χ4v) is 1.96. The molecule has 0 saturated carbocycles. The van der Waals surface area contributed by atoms with E-state index in [-0.39, 0.29) is 6.54 Å². The van der Waals surface area contributed by atoms with Crippen LogP contribution in [0.2, 0.25) is 0 Å². The molecule has 0 aliphatic rings. The van der Waals surface area contributed by atoms with Gasteiger partial charge in [0.25, 0.3) is 10.1 Å². The van der Waals surface area contributed by atoms with Gasteiger partial charge in [-0.3, -0.25) is 4.55 Å². The smallest absolute Gasteiger partial charge is 0.273 e. The minimum Gasteiger partial charge on any atom is -0.329 e. The van der Waals surface area contributed by atoms with Crippen LogP contribution in [0.3, 0.4) is 0 Å². The molecule has 1 aromatic carbocycles. The summed E-state index contributed by atoms with van der Waals surface area (Å²) in [6.45, 7) is 1.77. The summed E-state index contributed by atoms with van der Waals surface area (Å²) in [4.78, 5) is 0. The molecule has 1 unspecified atom stereocenters. The molecule has 0 aromatic heterocycles. The van der Waals surface area contributed by atoms with E-state index in [0.717, 1.165) is 5.56 Å². The van der Waals surface area contributed by atoms with E-state index in [2.05, 4.69) is 0 Å². The summed E-state index contributed by atoms with van der Waals surface area (Å²) in [7, 11) is -4.11. The van der Waals surface area contributed by atoms with Gasteiger partial charge in [0.1, 0.15) is 5.25 Å². The quantitative estimate of drug-likeness (QED) is 0.733. The van der Waals surface area contributed by atoms with Gasteiger partial charge in [-0.15, -0.1) is 0 Å². The molecule has 0 aliphatic heterocycles. The third-order valence-electron chi connectivity index (χ3n) is 2.02. The number of hydrogen-bond donors (Lipinski definition) is 2. The Labute approximate surface area is 83.5 Å². The molecule has 5 heteroatoms. The molecule has 0 saturated heterocycles. The molecule has 78 valence electrons. The van der Waals surface area contributed by atoms with Crippen LogP contribution in [0.4, 0.5) is 0 Å². The van der Waals surface area contributed by atoms with Gasteiger partial charge in [-0.2, -0.15) is 8.42 Å². The van der Waals surface area contributed by atoms with Gasteiger partial charge in [-0.05, 0) is 12.5 Å². The first-order valence-corrected chi connectivity index (χ1v) is 5.68. The van der Waals surface area contributed by atoms with Crippen molar-refractivity contribution < 1.29 is 13.0 Å². The average molecular weight is 215 g/mol. The van der Waals surface area contributed by atoms with E-state index in [1.54, 1.807) is 24.3 Å². The van der Waals surface area contributed by atoms with E-state index in [1.165, 1.54) is 0 Å². The molecular formula is C9H13NO3S. The number of benzene rings is 1. The Hall–Kier alpha value is -0.910. The first-order valence-electron chi connectivity index (χ1n) is 4.18. The SMILES string of the molecule is Cc1ccc(C(CN)S(=O)(=O)O)cc1. The highest BCUT2D eigenvalue weighted by molar-refractivity contribution is 7.86. The number of aryl methyl sites for hydroxylation is 1. The number of nitrogens with two attached hydrogens (primary N) is 1. The van der Waals surface area contributed by atoms with Crippen LogP contribution in [0.25, 0.3) is 0 Å². The third kappa shape index (κ3) is 2.54. The zero-order valence-electron chi connectivity index (χ0n) is 7.84. The molecule has 0 aliphatic carbocycles. The van der Waals surface area contributed by atoms with Gasteiger partial charge in [0.15, 0.2) is 0 Å². The minimum atomic E-state index is -4.11. The van der Waals surface area contributed by atoms with Crippen LogP contribution >= 0.6 is 0 Å². The zero-order valence-corrected chi connectivity index (χ0v) is 8.66. The first kappa shape index (κ1) is 11.2. The topological polar surface area (TPSA) is 80.4 Å². The lowest BCUT2D eigenvalue weighted by atomic mass is 10.1. The van der Waals surface area contributed by atoms with Crippen LogP contribution in [0, 0.1) is 6.92 Å². The van der Waals surface area contributed by atoms with E-state index in [0.29, 0.717) is 5.56 Å². The molecule has 1 rings (SSSR count). The maximum absolute atomic E-state index is 10.9. The van der Waals surface area contributed by atoms with Gasteiger partial charge in [0, 0.05) is 6.54 Å². The Balaban J connectivity index is 3.08. The Kier molecular flexibility index (Phi) is 3.25. The van der Waals surface area contributed by atoms with Crippen molar-refractivity contribution in [3.63, 3.8) is 0 Å². The fourth-order valence-electron chi connectivity index (χ4n) is 1.21. The highest BCUT2D eigenvalue weighted by atomic mass is 32.2. The molecule has 1 atom stereocenters. The highest BCUT2D eigenvalue weighted by Crippen LogP contribution is 2.20. The molecule has 0 fully saturated rings. The second kappa shape index (κ2) is 4.08. The monoisotopic (exact) mass is 215 g/mol. The Morgan fingerprint density at radius 3 is 2.21 bits per heavy atom. The van der Waals surface area contributed by atoms with Gasteiger partial charge in [-0.25, -0.2) is 0 Å². The lowest BCUT2D eigenvalue weighted by molar-refractivity contribution is 0.469. The van der Waals surface area contributed by atoms with Crippen LogP contribution in [-0.2, 0) is 10.1 Å². The van der Waals surface area contributed by atoms with Gasteiger partial charge < -0.3 is 5.73 Å². The first-order chi connectivity index (χ1) is 6.45. The second-order valence-electron chi connectivity index (χ2n) is 3.15. The molecule has 0 amide bonds. The zero-order chi connectivity index (χ0) is 10.8. The van der Waals surface area contributed by atoms with Crippen LogP contribution < -0.4 is 5.73 Å². The van der Waals surface area contributed by atoms with Crippen molar-refractivity contribution in [2.75, 3.05) is 6.54 Å². The van der Waals surface area contributed by atoms with Crippen molar-refractivity contribution in [2.24, 2.45) is 5.73 Å². The highest BCUT2D eigenvalue weighted by Gasteiger charge is 2.22. The Bertz CT molecular complexity index is 397. The lowest BCUT2D eigenvalue weighted by Gasteiger charge is -2.11. The van der Waals surface area contributed by atoms with Crippen LogP contribution in [0.15, 0.2) is 24.3 Å². The van der Waals surface area contributed by atoms with E-state index < -0.39 is 15.4 Å². The largest absolute Gasteiger partial charge is 0.329 e. The normalized spacial score (nSPS) is 13.9. The van der Waals surface area contributed by atoms with E-state index in [1.807, 2.05) is 6.92 Å². The predicted molar refractivity (Wildman–Crippen MR) is 54.5 cm³/mol. The maximum Gasteiger partial charge on any atom is 0.273 e. The molecule has 0 radical (unpaired) electrons. The summed E-state index contributed by atoms with van der Waals surface area (Å²) in [6.07, 6.45) is 0. The molecule has 0 bridgehead atoms. The van der Waals surface area contributed by atoms with Gasteiger partial charge in [-0.1, -0.05) is 29.8 Å². The average Bonchev–Trinajstić information content (AvgIpc) is 2.07. The Morgan fingerprint density at radius 2 is 1.86 bits per heavy atom. The summed E-state index contributed by atoms with van der Waals surface area (Å²) in [6, 6.07) is 6.87. The standard InChI is InChI=1S/C9H13NO3S/c1-7-2-4-8(5-3-7)9(6-10)14(11,12)13/h2-5,9H,6,10H2,1H3,(H,11,12,13). The van der Waals surface area contributed by atoms with Gasteiger partial charge in [0.2, 0.25) is 0 Å². The summed E-state index contributed by atoms with van der Waals surface area (Å²) in [5.74, 6) is 0. The van der Waals surface area contributed by atoms with Crippen molar-refractivity contribution in [3.8, 4) is 0 Å². The van der Waals surface area contributed by atoms with E-state index in [4.69, 9.17) is 10.3 Å². The second-order valence-corrected chi connectivity index (χ2v) is 4.75.